The normalized spacial score (nSPS) is 12.7. The minimum atomic E-state index is -3.59. The molecular weight excluding hydrogens is 364 g/mol. The predicted molar refractivity (Wildman–Crippen MR) is 106 cm³/mol. The van der Waals surface area contributed by atoms with Gasteiger partial charge in [0.05, 0.1) is 10.9 Å². The zero-order valence-electron chi connectivity index (χ0n) is 16.3. The van der Waals surface area contributed by atoms with Gasteiger partial charge in [-0.05, 0) is 62.2 Å². The maximum absolute atomic E-state index is 12.4. The summed E-state index contributed by atoms with van der Waals surface area (Å²) in [6.07, 6.45) is 0. The molecule has 1 amide bonds. The molecule has 1 atom stereocenters. The Morgan fingerprint density at radius 1 is 1.11 bits per heavy atom. The van der Waals surface area contributed by atoms with Crippen molar-refractivity contribution >= 4 is 15.9 Å². The molecule has 7 heteroatoms. The van der Waals surface area contributed by atoms with Crippen LogP contribution in [0.1, 0.15) is 28.4 Å². The summed E-state index contributed by atoms with van der Waals surface area (Å²) in [6, 6.07) is 11.6. The quantitative estimate of drug-likeness (QED) is 0.789. The Morgan fingerprint density at radius 2 is 1.81 bits per heavy atom. The lowest BCUT2D eigenvalue weighted by Crippen LogP contribution is -2.36. The summed E-state index contributed by atoms with van der Waals surface area (Å²) in [5.74, 6) is 0.403. The molecule has 0 bridgehead atoms. The number of nitrogens with one attached hydrogen (secondary N) is 1. The van der Waals surface area contributed by atoms with Crippen molar-refractivity contribution in [1.29, 1.82) is 0 Å². The highest BCUT2D eigenvalue weighted by molar-refractivity contribution is 7.89. The molecular formula is C20H26N2O4S. The molecule has 0 aliphatic heterocycles. The van der Waals surface area contributed by atoms with E-state index >= 15 is 0 Å². The van der Waals surface area contributed by atoms with Crippen LogP contribution in [0.2, 0.25) is 0 Å². The molecule has 0 fully saturated rings. The van der Waals surface area contributed by atoms with Crippen molar-refractivity contribution in [2.45, 2.75) is 31.7 Å². The van der Waals surface area contributed by atoms with Gasteiger partial charge in [0.25, 0.3) is 5.91 Å². The van der Waals surface area contributed by atoms with Gasteiger partial charge in [0.1, 0.15) is 12.4 Å². The Bertz CT molecular complexity index is 923. The van der Waals surface area contributed by atoms with E-state index in [1.54, 1.807) is 12.1 Å². The zero-order valence-corrected chi connectivity index (χ0v) is 17.1. The minimum Gasteiger partial charge on any atom is -0.491 e. The second-order valence-electron chi connectivity index (χ2n) is 6.75. The molecule has 146 valence electrons. The highest BCUT2D eigenvalue weighted by Crippen LogP contribution is 2.17. The van der Waals surface area contributed by atoms with Crippen LogP contribution in [0.15, 0.2) is 47.4 Å². The van der Waals surface area contributed by atoms with Gasteiger partial charge in [0.2, 0.25) is 10.0 Å². The number of hydrogen-bond acceptors (Lipinski definition) is 4. The third-order valence-corrected chi connectivity index (χ3v) is 6.04. The van der Waals surface area contributed by atoms with E-state index in [4.69, 9.17) is 4.74 Å². The number of carbonyl (C=O) groups excluding carboxylic acids is 1. The van der Waals surface area contributed by atoms with Gasteiger partial charge in [-0.1, -0.05) is 12.1 Å². The number of benzene rings is 2. The lowest BCUT2D eigenvalue weighted by molar-refractivity contribution is 0.0926. The molecule has 2 aromatic carbocycles. The van der Waals surface area contributed by atoms with Gasteiger partial charge < -0.3 is 10.1 Å². The SMILES string of the molecule is Cc1ccc(OC[C@@H](C)NC(=O)c2cccc(S(=O)(=O)N(C)C)c2)cc1C. The Balaban J connectivity index is 2.01. The second kappa shape index (κ2) is 8.54. The number of aryl methyl sites for hydroxylation is 2. The number of rotatable bonds is 7. The van der Waals surface area contributed by atoms with Crippen LogP contribution in [-0.4, -0.2) is 45.4 Å². The first-order valence-electron chi connectivity index (χ1n) is 8.65. The molecule has 0 saturated heterocycles. The highest BCUT2D eigenvalue weighted by Gasteiger charge is 2.19. The number of ether oxygens (including phenoxy) is 1. The highest BCUT2D eigenvalue weighted by atomic mass is 32.2. The van der Waals surface area contributed by atoms with Gasteiger partial charge >= 0.3 is 0 Å². The summed E-state index contributed by atoms with van der Waals surface area (Å²) in [6.45, 7) is 6.19. The molecule has 0 unspecified atom stereocenters. The van der Waals surface area contributed by atoms with E-state index in [1.165, 1.54) is 31.8 Å². The van der Waals surface area contributed by atoms with Gasteiger partial charge in [-0.3, -0.25) is 4.79 Å². The Labute approximate surface area is 161 Å². The molecule has 2 rings (SSSR count). The molecule has 0 aliphatic carbocycles. The van der Waals surface area contributed by atoms with E-state index in [1.807, 2.05) is 39.0 Å². The van der Waals surface area contributed by atoms with Gasteiger partial charge in [-0.2, -0.15) is 0 Å². The summed E-state index contributed by atoms with van der Waals surface area (Å²) < 4.78 is 31.3. The first-order chi connectivity index (χ1) is 12.6. The molecule has 0 heterocycles. The average Bonchev–Trinajstić information content (AvgIpc) is 2.62. The molecule has 0 aliphatic rings. The fourth-order valence-electron chi connectivity index (χ4n) is 2.38. The molecule has 6 nitrogen and oxygen atoms in total. The molecule has 2 aromatic rings. The second-order valence-corrected chi connectivity index (χ2v) is 8.90. The molecule has 0 radical (unpaired) electrons. The fraction of sp³-hybridized carbons (Fsp3) is 0.350. The Kier molecular flexibility index (Phi) is 6.62. The van der Waals surface area contributed by atoms with Crippen molar-refractivity contribution in [3.63, 3.8) is 0 Å². The van der Waals surface area contributed by atoms with E-state index in [0.29, 0.717) is 6.61 Å². The predicted octanol–water partition coefficient (Wildman–Crippen LogP) is 2.75. The van der Waals surface area contributed by atoms with Crippen molar-refractivity contribution < 1.29 is 17.9 Å². The van der Waals surface area contributed by atoms with E-state index in [2.05, 4.69) is 5.32 Å². The first-order valence-corrected chi connectivity index (χ1v) is 10.1. The maximum atomic E-state index is 12.4. The lowest BCUT2D eigenvalue weighted by Gasteiger charge is -2.16. The van der Waals surface area contributed by atoms with Crippen LogP contribution in [0, 0.1) is 13.8 Å². The number of carbonyl (C=O) groups is 1. The van der Waals surface area contributed by atoms with Crippen LogP contribution in [0.25, 0.3) is 0 Å². The van der Waals surface area contributed by atoms with Crippen molar-refractivity contribution in [3.05, 3.63) is 59.2 Å². The van der Waals surface area contributed by atoms with E-state index in [0.717, 1.165) is 15.6 Å². The molecule has 27 heavy (non-hydrogen) atoms. The van der Waals surface area contributed by atoms with Crippen LogP contribution >= 0.6 is 0 Å². The Morgan fingerprint density at radius 3 is 2.44 bits per heavy atom. The molecule has 0 spiro atoms. The largest absolute Gasteiger partial charge is 0.491 e. The summed E-state index contributed by atoms with van der Waals surface area (Å²) in [7, 11) is -0.681. The summed E-state index contributed by atoms with van der Waals surface area (Å²) in [5, 5.41) is 2.83. The third kappa shape index (κ3) is 5.30. The molecule has 1 N–H and O–H groups in total. The topological polar surface area (TPSA) is 75.7 Å². The smallest absolute Gasteiger partial charge is 0.251 e. The summed E-state index contributed by atoms with van der Waals surface area (Å²) in [4.78, 5) is 12.5. The zero-order chi connectivity index (χ0) is 20.2. The van der Waals surface area contributed by atoms with E-state index < -0.39 is 10.0 Å². The summed E-state index contributed by atoms with van der Waals surface area (Å²) >= 11 is 0. The number of nitrogens with zero attached hydrogens (tertiary/aromatic N) is 1. The van der Waals surface area contributed by atoms with Crippen molar-refractivity contribution in [1.82, 2.24) is 9.62 Å². The number of amides is 1. The molecule has 0 aromatic heterocycles. The number of hydrogen-bond donors (Lipinski definition) is 1. The van der Waals surface area contributed by atoms with Crippen LogP contribution < -0.4 is 10.1 Å². The summed E-state index contributed by atoms with van der Waals surface area (Å²) in [5.41, 5.74) is 2.62. The Hall–Kier alpha value is -2.38. The van der Waals surface area contributed by atoms with Crippen LogP contribution in [-0.2, 0) is 10.0 Å². The average molecular weight is 391 g/mol. The minimum absolute atomic E-state index is 0.0826. The number of sulfonamides is 1. The lowest BCUT2D eigenvalue weighted by atomic mass is 10.1. The van der Waals surface area contributed by atoms with Crippen molar-refractivity contribution in [2.24, 2.45) is 0 Å². The maximum Gasteiger partial charge on any atom is 0.251 e. The van der Waals surface area contributed by atoms with E-state index in [9.17, 15) is 13.2 Å². The van der Waals surface area contributed by atoms with Gasteiger partial charge in [-0.25, -0.2) is 12.7 Å². The fourth-order valence-corrected chi connectivity index (χ4v) is 3.33. The van der Waals surface area contributed by atoms with Crippen LogP contribution in [0.5, 0.6) is 5.75 Å². The van der Waals surface area contributed by atoms with Crippen molar-refractivity contribution in [3.8, 4) is 5.75 Å². The first kappa shape index (κ1) is 20.9. The van der Waals surface area contributed by atoms with Crippen molar-refractivity contribution in [2.75, 3.05) is 20.7 Å². The van der Waals surface area contributed by atoms with Crippen LogP contribution in [0.4, 0.5) is 0 Å². The van der Waals surface area contributed by atoms with E-state index in [-0.39, 0.29) is 22.4 Å². The monoisotopic (exact) mass is 390 g/mol. The van der Waals surface area contributed by atoms with Crippen LogP contribution in [0.3, 0.4) is 0 Å². The van der Waals surface area contributed by atoms with Gasteiger partial charge in [0, 0.05) is 19.7 Å². The van der Waals surface area contributed by atoms with Gasteiger partial charge in [0.15, 0.2) is 0 Å². The van der Waals surface area contributed by atoms with Gasteiger partial charge in [-0.15, -0.1) is 0 Å². The molecule has 0 saturated carbocycles. The third-order valence-electron chi connectivity index (χ3n) is 4.23. The standard InChI is InChI=1S/C20H26N2O4S/c1-14-9-10-18(11-15(14)2)26-13-16(3)21-20(23)17-7-6-8-19(12-17)27(24,25)22(4)5/h6-12,16H,13H2,1-5H3,(H,21,23)/t16-/m1/s1.